The molecule has 3 rings (SSSR count). The van der Waals surface area contributed by atoms with Crippen LogP contribution in [0.2, 0.25) is 0 Å². The molecule has 5 nitrogen and oxygen atoms in total. The van der Waals surface area contributed by atoms with Gasteiger partial charge in [-0.15, -0.1) is 0 Å². The summed E-state index contributed by atoms with van der Waals surface area (Å²) in [6.45, 7) is 5.33. The molecule has 0 aromatic heterocycles. The zero-order valence-corrected chi connectivity index (χ0v) is 15.3. The number of hydrogen-bond donors (Lipinski definition) is 1. The van der Waals surface area contributed by atoms with Crippen molar-refractivity contribution in [3.05, 3.63) is 40.6 Å². The minimum Gasteiger partial charge on any atom is -0.428 e. The number of methoxy groups -OCH3 is 1. The van der Waals surface area contributed by atoms with Gasteiger partial charge in [0.05, 0.1) is 17.2 Å². The van der Waals surface area contributed by atoms with Crippen molar-refractivity contribution in [2.75, 3.05) is 7.11 Å². The Morgan fingerprint density at radius 2 is 1.92 bits per heavy atom. The highest BCUT2D eigenvalue weighted by Gasteiger charge is 2.49. The van der Waals surface area contributed by atoms with E-state index in [1.165, 1.54) is 6.92 Å². The summed E-state index contributed by atoms with van der Waals surface area (Å²) in [6, 6.07) is 5.98. The van der Waals surface area contributed by atoms with E-state index in [0.29, 0.717) is 24.2 Å². The minimum atomic E-state index is -0.608. The van der Waals surface area contributed by atoms with Crippen LogP contribution in [0.4, 0.5) is 0 Å². The van der Waals surface area contributed by atoms with Crippen LogP contribution in [0.1, 0.15) is 49.3 Å². The molecule has 0 saturated heterocycles. The fourth-order valence-corrected chi connectivity index (χ4v) is 3.89. The molecule has 0 unspecified atom stereocenters. The zero-order chi connectivity index (χ0) is 18.2. The van der Waals surface area contributed by atoms with E-state index >= 15 is 0 Å². The SMILES string of the molecule is CO[C@H]1CC[C@]2(CC1)NC(=O)C(c1cc(C)ccc1C)=C2OC(C)=O. The Bertz CT molecular complexity index is 742. The van der Waals surface area contributed by atoms with Crippen molar-refractivity contribution < 1.29 is 19.1 Å². The quantitative estimate of drug-likeness (QED) is 0.857. The molecule has 134 valence electrons. The molecule has 0 atom stereocenters. The summed E-state index contributed by atoms with van der Waals surface area (Å²) < 4.78 is 11.1. The number of benzene rings is 1. The summed E-state index contributed by atoms with van der Waals surface area (Å²) in [4.78, 5) is 24.6. The van der Waals surface area contributed by atoms with Gasteiger partial charge in [0.25, 0.3) is 5.91 Å². The first kappa shape index (κ1) is 17.7. The maximum atomic E-state index is 12.9. The normalized spacial score (nSPS) is 26.1. The van der Waals surface area contributed by atoms with E-state index in [0.717, 1.165) is 29.5 Å². The third kappa shape index (κ3) is 3.21. The molecule has 1 N–H and O–H groups in total. The van der Waals surface area contributed by atoms with Crippen LogP contribution in [0, 0.1) is 13.8 Å². The number of rotatable bonds is 3. The van der Waals surface area contributed by atoms with Crippen LogP contribution in [0.5, 0.6) is 0 Å². The Morgan fingerprint density at radius 1 is 1.24 bits per heavy atom. The molecular formula is C20H25NO4. The lowest BCUT2D eigenvalue weighted by Crippen LogP contribution is -2.49. The van der Waals surface area contributed by atoms with Crippen molar-refractivity contribution in [1.82, 2.24) is 5.32 Å². The van der Waals surface area contributed by atoms with Gasteiger partial charge in [-0.25, -0.2) is 0 Å². The highest BCUT2D eigenvalue weighted by Crippen LogP contribution is 2.44. The fraction of sp³-hybridized carbons (Fsp3) is 0.500. The van der Waals surface area contributed by atoms with Gasteiger partial charge in [0.1, 0.15) is 5.76 Å². The van der Waals surface area contributed by atoms with Gasteiger partial charge in [-0.2, -0.15) is 0 Å². The van der Waals surface area contributed by atoms with Crippen molar-refractivity contribution in [2.24, 2.45) is 0 Å². The van der Waals surface area contributed by atoms with Crippen molar-refractivity contribution in [3.8, 4) is 0 Å². The Balaban J connectivity index is 2.11. The summed E-state index contributed by atoms with van der Waals surface area (Å²) >= 11 is 0. The Labute approximate surface area is 148 Å². The number of carbonyl (C=O) groups excluding carboxylic acids is 2. The van der Waals surface area contributed by atoms with Crippen molar-refractivity contribution >= 4 is 17.4 Å². The predicted octanol–water partition coefficient (Wildman–Crippen LogP) is 3.04. The van der Waals surface area contributed by atoms with Crippen LogP contribution in [-0.4, -0.2) is 30.6 Å². The smallest absolute Gasteiger partial charge is 0.307 e. The third-order valence-electron chi connectivity index (χ3n) is 5.27. The molecule has 1 spiro atoms. The lowest BCUT2D eigenvalue weighted by Gasteiger charge is -2.37. The van der Waals surface area contributed by atoms with Gasteiger partial charge < -0.3 is 14.8 Å². The van der Waals surface area contributed by atoms with Crippen molar-refractivity contribution in [3.63, 3.8) is 0 Å². The molecule has 1 fully saturated rings. The number of nitrogens with one attached hydrogen (secondary N) is 1. The zero-order valence-electron chi connectivity index (χ0n) is 15.3. The standard InChI is InChI=1S/C20H25NO4/c1-12-5-6-13(2)16(11-12)17-18(25-14(3)22)20(21-19(17)23)9-7-15(24-4)8-10-20/h5-6,11,15H,7-10H2,1-4H3,(H,21,23)/t15-,20+. The molecule has 0 radical (unpaired) electrons. The minimum absolute atomic E-state index is 0.166. The summed E-state index contributed by atoms with van der Waals surface area (Å²) in [6.07, 6.45) is 3.23. The van der Waals surface area contributed by atoms with Crippen LogP contribution >= 0.6 is 0 Å². The van der Waals surface area contributed by atoms with E-state index in [9.17, 15) is 9.59 Å². The summed E-state index contributed by atoms with van der Waals surface area (Å²) in [5.74, 6) is -0.0865. The van der Waals surface area contributed by atoms with E-state index in [2.05, 4.69) is 5.32 Å². The first-order chi connectivity index (χ1) is 11.9. The average Bonchev–Trinajstić information content (AvgIpc) is 2.82. The first-order valence-corrected chi connectivity index (χ1v) is 8.72. The molecule has 1 amide bonds. The lowest BCUT2D eigenvalue weighted by molar-refractivity contribution is -0.138. The number of hydrogen-bond acceptors (Lipinski definition) is 4. The summed E-state index contributed by atoms with van der Waals surface area (Å²) in [7, 11) is 1.71. The molecule has 1 aliphatic heterocycles. The predicted molar refractivity (Wildman–Crippen MR) is 94.7 cm³/mol. The molecule has 2 aliphatic rings. The molecular weight excluding hydrogens is 318 g/mol. The average molecular weight is 343 g/mol. The first-order valence-electron chi connectivity index (χ1n) is 8.72. The fourth-order valence-electron chi connectivity index (χ4n) is 3.89. The molecule has 5 heteroatoms. The Hall–Kier alpha value is -2.14. The maximum absolute atomic E-state index is 12.9. The summed E-state index contributed by atoms with van der Waals surface area (Å²) in [5.41, 5.74) is 2.77. The number of esters is 1. The topological polar surface area (TPSA) is 64.6 Å². The van der Waals surface area contributed by atoms with Gasteiger partial charge in [-0.1, -0.05) is 23.8 Å². The Morgan fingerprint density at radius 3 is 2.52 bits per heavy atom. The second kappa shape index (κ2) is 6.64. The third-order valence-corrected chi connectivity index (χ3v) is 5.27. The van der Waals surface area contributed by atoms with E-state index in [-0.39, 0.29) is 12.0 Å². The largest absolute Gasteiger partial charge is 0.428 e. The highest BCUT2D eigenvalue weighted by molar-refractivity contribution is 6.24. The number of amides is 1. The number of aryl methyl sites for hydroxylation is 2. The van der Waals surface area contributed by atoms with E-state index in [1.54, 1.807) is 7.11 Å². The van der Waals surface area contributed by atoms with Crippen LogP contribution in [-0.2, 0) is 19.1 Å². The Kier molecular flexibility index (Phi) is 4.69. The van der Waals surface area contributed by atoms with Crippen LogP contribution in [0.15, 0.2) is 24.0 Å². The van der Waals surface area contributed by atoms with Gasteiger partial charge in [0, 0.05) is 14.0 Å². The second-order valence-electron chi connectivity index (χ2n) is 7.09. The molecule has 1 heterocycles. The van der Waals surface area contributed by atoms with Gasteiger partial charge in [-0.3, -0.25) is 9.59 Å². The van der Waals surface area contributed by atoms with Crippen molar-refractivity contribution in [1.29, 1.82) is 0 Å². The molecule has 1 aliphatic carbocycles. The maximum Gasteiger partial charge on any atom is 0.307 e. The van der Waals surface area contributed by atoms with Gasteiger partial charge in [-0.05, 0) is 50.7 Å². The van der Waals surface area contributed by atoms with E-state index in [4.69, 9.17) is 9.47 Å². The van der Waals surface area contributed by atoms with E-state index < -0.39 is 11.5 Å². The van der Waals surface area contributed by atoms with Crippen molar-refractivity contribution in [2.45, 2.75) is 58.1 Å². The monoisotopic (exact) mass is 343 g/mol. The second-order valence-corrected chi connectivity index (χ2v) is 7.09. The van der Waals surface area contributed by atoms with Crippen LogP contribution in [0.25, 0.3) is 5.57 Å². The van der Waals surface area contributed by atoms with Gasteiger partial charge in [0.15, 0.2) is 0 Å². The lowest BCUT2D eigenvalue weighted by atomic mass is 9.79. The van der Waals surface area contributed by atoms with Gasteiger partial charge in [0.2, 0.25) is 0 Å². The molecule has 25 heavy (non-hydrogen) atoms. The molecule has 1 aromatic carbocycles. The van der Waals surface area contributed by atoms with Crippen LogP contribution < -0.4 is 5.32 Å². The highest BCUT2D eigenvalue weighted by atomic mass is 16.5. The number of carbonyl (C=O) groups is 2. The number of ether oxygens (including phenoxy) is 2. The summed E-state index contributed by atoms with van der Waals surface area (Å²) in [5, 5.41) is 3.12. The van der Waals surface area contributed by atoms with Gasteiger partial charge >= 0.3 is 5.97 Å². The van der Waals surface area contributed by atoms with Crippen LogP contribution in [0.3, 0.4) is 0 Å². The molecule has 0 bridgehead atoms. The molecule has 1 aromatic rings. The van der Waals surface area contributed by atoms with E-state index in [1.807, 2.05) is 32.0 Å². The molecule has 1 saturated carbocycles.